The van der Waals surface area contributed by atoms with Gasteiger partial charge < -0.3 is 0 Å². The maximum atomic E-state index is 6.84. The molecule has 1 aliphatic rings. The Morgan fingerprint density at radius 1 is 0.950 bits per heavy atom. The van der Waals surface area contributed by atoms with Gasteiger partial charge in [-0.05, 0) is 0 Å². The van der Waals surface area contributed by atoms with Crippen molar-refractivity contribution in [2.45, 2.75) is 26.3 Å². The van der Waals surface area contributed by atoms with Gasteiger partial charge in [-0.3, -0.25) is 0 Å². The third-order valence-corrected chi connectivity index (χ3v) is 12.2. The molecule has 0 spiro atoms. The van der Waals surface area contributed by atoms with Crippen molar-refractivity contribution in [3.05, 3.63) is 0 Å². The Bertz CT molecular complexity index is 361. The minimum absolute atomic E-state index is 0.166. The van der Waals surface area contributed by atoms with E-state index in [0.29, 0.717) is 0 Å². The number of nitrogens with zero attached hydrogens (tertiary/aromatic N) is 4. The van der Waals surface area contributed by atoms with E-state index < -0.39 is 14.5 Å². The van der Waals surface area contributed by atoms with E-state index in [1.165, 1.54) is 0 Å². The first kappa shape index (κ1) is 19.0. The standard InChI is InChI=1S/C9H21N3.C4H9N.2ClH.Ti/c1-10-4-6-11(2)8-9-12(3)7-5-10;1-4(2,3)5;;;/h4-9H2,1-3H3;1-3H3;2*1H;/q;;;;+3/p-2. The Kier molecular flexibility index (Phi) is 6.69. The fraction of sp³-hybridized carbons (Fsp3) is 1.00. The van der Waals surface area contributed by atoms with Crippen LogP contribution in [0.4, 0.5) is 0 Å². The molecule has 0 bridgehead atoms. The zero-order valence-corrected chi connectivity index (χ0v) is 16.9. The molecule has 7 heteroatoms. The van der Waals surface area contributed by atoms with Crippen LogP contribution in [0.2, 0.25) is 0 Å². The summed E-state index contributed by atoms with van der Waals surface area (Å²) in [6, 6.07) is 0. The molecule has 4 nitrogen and oxygen atoms in total. The van der Waals surface area contributed by atoms with Crippen molar-refractivity contribution >= 4 is 18.6 Å². The number of hydrogen-bond donors (Lipinski definition) is 0. The van der Waals surface area contributed by atoms with E-state index in [0.717, 1.165) is 42.2 Å². The van der Waals surface area contributed by atoms with Gasteiger partial charge in [-0.2, -0.15) is 0 Å². The van der Waals surface area contributed by atoms with Crippen molar-refractivity contribution in [1.29, 1.82) is 0 Å². The van der Waals surface area contributed by atoms with Gasteiger partial charge in [0.1, 0.15) is 0 Å². The molecule has 0 aromatic heterocycles. The van der Waals surface area contributed by atoms with Crippen LogP contribution in [0.5, 0.6) is 0 Å². The third kappa shape index (κ3) is 5.64. The van der Waals surface area contributed by atoms with E-state index in [2.05, 4.69) is 51.7 Å². The molecule has 119 valence electrons. The summed E-state index contributed by atoms with van der Waals surface area (Å²) in [4.78, 5) is 4.73. The van der Waals surface area contributed by atoms with Crippen molar-refractivity contribution < 1.29 is 17.5 Å². The van der Waals surface area contributed by atoms with E-state index in [-0.39, 0.29) is 5.54 Å². The molecule has 1 aliphatic heterocycles. The predicted octanol–water partition coefficient (Wildman–Crippen LogP) is 2.67. The van der Waals surface area contributed by atoms with E-state index in [4.69, 9.17) is 22.0 Å². The summed E-state index contributed by atoms with van der Waals surface area (Å²) in [6.45, 7) is 12.4. The molecule has 0 aliphatic carbocycles. The van der Waals surface area contributed by atoms with Crippen molar-refractivity contribution in [2.24, 2.45) is 3.42 Å². The Hall–Kier alpha value is 0.974. The van der Waals surface area contributed by atoms with Crippen LogP contribution in [0.1, 0.15) is 20.8 Å². The Morgan fingerprint density at radius 2 is 1.35 bits per heavy atom. The summed E-state index contributed by atoms with van der Waals surface area (Å²) < 4.78 is 5.57. The summed E-state index contributed by atoms with van der Waals surface area (Å²) in [5, 5.41) is 0. The van der Waals surface area contributed by atoms with Crippen molar-refractivity contribution in [1.82, 2.24) is 9.80 Å². The third-order valence-electron chi connectivity index (χ3n) is 3.93. The van der Waals surface area contributed by atoms with Crippen LogP contribution in [0.3, 0.4) is 0 Å². The minimum atomic E-state index is -3.32. The predicted molar refractivity (Wildman–Crippen MR) is 84.8 cm³/mol. The van der Waals surface area contributed by atoms with Gasteiger partial charge in [0.05, 0.1) is 0 Å². The number of halogens is 2. The summed E-state index contributed by atoms with van der Waals surface area (Å²) in [5.74, 6) is 0. The summed E-state index contributed by atoms with van der Waals surface area (Å²) in [7, 11) is 20.2. The molecule has 1 heterocycles. The van der Waals surface area contributed by atoms with Gasteiger partial charge >= 0.3 is 136 Å². The molecule has 0 aromatic carbocycles. The first-order valence-electron chi connectivity index (χ1n) is 7.29. The van der Waals surface area contributed by atoms with Gasteiger partial charge in [-0.1, -0.05) is 0 Å². The summed E-state index contributed by atoms with van der Waals surface area (Å²) >= 11 is -3.32. The first-order valence-corrected chi connectivity index (χ1v) is 13.0. The molecule has 0 aromatic rings. The average molecular weight is 361 g/mol. The average Bonchev–Trinajstić information content (AvgIpc) is 2.32. The number of likely N-dealkylation sites (N-methyl/N-ethyl adjacent to an activating group) is 3. The fourth-order valence-corrected chi connectivity index (χ4v) is 8.53. The Morgan fingerprint density at radius 3 is 1.70 bits per heavy atom. The van der Waals surface area contributed by atoms with E-state index in [1.54, 1.807) is 0 Å². The second-order valence-electron chi connectivity index (χ2n) is 7.24. The quantitative estimate of drug-likeness (QED) is 0.669. The van der Waals surface area contributed by atoms with Crippen LogP contribution in [0.15, 0.2) is 3.42 Å². The molecule has 0 N–H and O–H groups in total. The molecular weight excluding hydrogens is 331 g/mol. The molecular formula is C13H30Cl2N4Ti+. The zero-order valence-electron chi connectivity index (χ0n) is 13.8. The van der Waals surface area contributed by atoms with E-state index in [1.807, 2.05) is 0 Å². The van der Waals surface area contributed by atoms with Crippen LogP contribution in [-0.2, 0) is 14.5 Å². The van der Waals surface area contributed by atoms with Crippen molar-refractivity contribution in [3.8, 4) is 0 Å². The first-order chi connectivity index (χ1) is 8.95. The Labute approximate surface area is 135 Å². The molecule has 1 fully saturated rings. The van der Waals surface area contributed by atoms with Crippen molar-refractivity contribution in [2.75, 3.05) is 60.4 Å². The summed E-state index contributed by atoms with van der Waals surface area (Å²) in [6.07, 6.45) is 0. The molecule has 0 saturated carbocycles. The summed E-state index contributed by atoms with van der Waals surface area (Å²) in [5.41, 5.74) is -0.166. The van der Waals surface area contributed by atoms with Crippen LogP contribution in [-0.4, -0.2) is 78.7 Å². The van der Waals surface area contributed by atoms with Gasteiger partial charge in [-0.25, -0.2) is 0 Å². The topological polar surface area (TPSA) is 18.8 Å². The number of rotatable bonds is 1. The van der Waals surface area contributed by atoms with Crippen molar-refractivity contribution in [3.63, 3.8) is 0 Å². The molecule has 0 atom stereocenters. The van der Waals surface area contributed by atoms with Gasteiger partial charge in [0.15, 0.2) is 0 Å². The molecule has 1 rings (SSSR count). The van der Waals surface area contributed by atoms with E-state index >= 15 is 0 Å². The molecule has 1 saturated heterocycles. The van der Waals surface area contributed by atoms with Crippen LogP contribution < -0.4 is 0 Å². The normalized spacial score (nSPS) is 23.8. The van der Waals surface area contributed by atoms with Gasteiger partial charge in [0.2, 0.25) is 0 Å². The van der Waals surface area contributed by atoms with Crippen LogP contribution in [0, 0.1) is 0 Å². The number of hydrogen-bond acceptors (Lipinski definition) is 3. The monoisotopic (exact) mass is 360 g/mol. The maximum absolute atomic E-state index is 6.84. The van der Waals surface area contributed by atoms with Gasteiger partial charge in [0, 0.05) is 0 Å². The van der Waals surface area contributed by atoms with Crippen LogP contribution >= 0.6 is 18.6 Å². The Balaban J connectivity index is 3.05. The van der Waals surface area contributed by atoms with Crippen LogP contribution in [0.25, 0.3) is 0 Å². The van der Waals surface area contributed by atoms with Gasteiger partial charge in [-0.15, -0.1) is 0 Å². The molecule has 0 radical (unpaired) electrons. The fourth-order valence-electron chi connectivity index (χ4n) is 2.25. The second-order valence-corrected chi connectivity index (χ2v) is 16.0. The molecule has 0 unspecified atom stereocenters. The SMILES string of the molecule is CN1CCN(C)CC[N+](C)([Ti]([Cl])([Cl])=[N]C(C)(C)C)CC1. The zero-order chi connectivity index (χ0) is 15.6. The molecule has 0 amide bonds. The molecule has 20 heavy (non-hydrogen) atoms. The second kappa shape index (κ2) is 7.03. The van der Waals surface area contributed by atoms with Gasteiger partial charge in [0.25, 0.3) is 0 Å². The van der Waals surface area contributed by atoms with E-state index in [9.17, 15) is 0 Å². The number of quaternary nitrogens is 1.